The van der Waals surface area contributed by atoms with Gasteiger partial charge in [0.15, 0.2) is 16.2 Å². The van der Waals surface area contributed by atoms with Gasteiger partial charge in [0, 0.05) is 41.6 Å². The van der Waals surface area contributed by atoms with Crippen LogP contribution in [-0.2, 0) is 10.0 Å². The van der Waals surface area contributed by atoms with Gasteiger partial charge in [0.2, 0.25) is 11.8 Å². The maximum atomic E-state index is 15.1. The van der Waals surface area contributed by atoms with Crippen LogP contribution in [0, 0.1) is 12.7 Å². The van der Waals surface area contributed by atoms with Gasteiger partial charge in [-0.3, -0.25) is 9.12 Å². The minimum absolute atomic E-state index is 0.100. The number of rotatable bonds is 6. The number of pyridine rings is 2. The van der Waals surface area contributed by atoms with Gasteiger partial charge in [-0.15, -0.1) is 10.2 Å². The molecule has 1 aromatic carbocycles. The molecule has 0 aliphatic carbocycles. The first kappa shape index (κ1) is 23.6. The summed E-state index contributed by atoms with van der Waals surface area (Å²) in [6.45, 7) is 1.75. The van der Waals surface area contributed by atoms with Crippen molar-refractivity contribution in [1.29, 1.82) is 0 Å². The summed E-state index contributed by atoms with van der Waals surface area (Å²) >= 11 is 5.94. The molecule has 0 spiro atoms. The molecule has 184 valence electrons. The van der Waals surface area contributed by atoms with Crippen LogP contribution in [0.5, 0.6) is 5.88 Å². The maximum Gasteiger partial charge on any atom is 0.267 e. The zero-order valence-corrected chi connectivity index (χ0v) is 20.7. The fourth-order valence-corrected chi connectivity index (χ4v) is 5.17. The lowest BCUT2D eigenvalue weighted by Crippen LogP contribution is -2.15. The minimum Gasteiger partial charge on any atom is -0.480 e. The molecule has 11 nitrogen and oxygen atoms in total. The number of ether oxygens (including phenoxy) is 1. The van der Waals surface area contributed by atoms with Crippen LogP contribution in [0.1, 0.15) is 5.82 Å². The van der Waals surface area contributed by atoms with Crippen LogP contribution in [-0.4, -0.2) is 52.1 Å². The summed E-state index contributed by atoms with van der Waals surface area (Å²) in [6.07, 6.45) is 2.86. The van der Waals surface area contributed by atoms with Gasteiger partial charge in [0.05, 0.1) is 12.1 Å². The number of aromatic nitrogens is 6. The molecule has 0 radical (unpaired) electrons. The summed E-state index contributed by atoms with van der Waals surface area (Å²) in [7, 11) is -1.19. The molecule has 4 aromatic heterocycles. The molecule has 0 atom stereocenters. The monoisotopic (exact) mass is 528 g/mol. The Morgan fingerprint density at radius 1 is 1.06 bits per heavy atom. The number of aryl methyl sites for hydroxylation is 1. The third-order valence-electron chi connectivity index (χ3n) is 5.37. The summed E-state index contributed by atoms with van der Waals surface area (Å²) in [5.41, 5.74) is 1.46. The Hall–Kier alpha value is -4.10. The molecule has 5 aromatic rings. The van der Waals surface area contributed by atoms with Crippen molar-refractivity contribution in [3.8, 4) is 17.0 Å². The lowest BCUT2D eigenvalue weighted by Gasteiger charge is -2.13. The molecule has 0 saturated heterocycles. The van der Waals surface area contributed by atoms with Gasteiger partial charge in [-0.05, 0) is 37.3 Å². The van der Waals surface area contributed by atoms with Crippen LogP contribution in [0.4, 0.5) is 16.0 Å². The van der Waals surface area contributed by atoms with E-state index in [4.69, 9.17) is 16.3 Å². The van der Waals surface area contributed by atoms with Crippen LogP contribution >= 0.6 is 11.6 Å². The highest BCUT2D eigenvalue weighted by molar-refractivity contribution is 7.92. The van der Waals surface area contributed by atoms with Gasteiger partial charge in [-0.2, -0.15) is 4.98 Å². The number of sulfonamides is 1. The second-order valence-corrected chi connectivity index (χ2v) is 9.74. The zero-order chi connectivity index (χ0) is 25.6. The van der Waals surface area contributed by atoms with Gasteiger partial charge in [-0.1, -0.05) is 11.6 Å². The molecule has 0 fully saturated rings. The molecule has 0 unspecified atom stereocenters. The fraction of sp³-hybridized carbons (Fsp3) is 0.136. The summed E-state index contributed by atoms with van der Waals surface area (Å²) in [5, 5.41) is 11.9. The summed E-state index contributed by atoms with van der Waals surface area (Å²) < 4.78 is 50.5. The Bertz CT molecular complexity index is 1760. The molecule has 0 bridgehead atoms. The van der Waals surface area contributed by atoms with Crippen LogP contribution in [0.25, 0.3) is 27.8 Å². The third kappa shape index (κ3) is 4.01. The molecule has 5 rings (SSSR count). The van der Waals surface area contributed by atoms with Crippen molar-refractivity contribution in [1.82, 2.24) is 29.5 Å². The number of benzene rings is 1. The van der Waals surface area contributed by atoms with Crippen LogP contribution in [0.3, 0.4) is 0 Å². The van der Waals surface area contributed by atoms with E-state index in [0.717, 1.165) is 6.07 Å². The van der Waals surface area contributed by atoms with E-state index < -0.39 is 15.8 Å². The summed E-state index contributed by atoms with van der Waals surface area (Å²) in [6, 6.07) is 6.72. The standard InChI is InChI=1S/C22H18ClFN8O3S/c1-11-29-30-20-16(6-12-9-27-22(25-2)28-19(12)32(11)20)15-8-14(4-5-17(15)24)31-36(33,34)18-7-13(23)10-26-21(18)35-3/h4-10,31H,1-3H3,(H,25,27,28). The topological polar surface area (TPSA) is 136 Å². The van der Waals surface area contributed by atoms with Crippen molar-refractivity contribution < 1.29 is 17.5 Å². The van der Waals surface area contributed by atoms with Gasteiger partial charge in [0.25, 0.3) is 10.0 Å². The number of nitrogens with one attached hydrogen (secondary N) is 2. The highest BCUT2D eigenvalue weighted by Crippen LogP contribution is 2.33. The average Bonchev–Trinajstić information content (AvgIpc) is 3.26. The second-order valence-electron chi connectivity index (χ2n) is 7.65. The first-order valence-electron chi connectivity index (χ1n) is 10.4. The van der Waals surface area contributed by atoms with E-state index in [2.05, 4.69) is 35.2 Å². The number of fused-ring (bicyclic) bond motifs is 3. The van der Waals surface area contributed by atoms with E-state index in [1.807, 2.05) is 0 Å². The second kappa shape index (κ2) is 8.84. The average molecular weight is 529 g/mol. The largest absolute Gasteiger partial charge is 0.480 e. The Labute approximate surface area is 209 Å². The molecule has 4 heterocycles. The number of anilines is 2. The molecular weight excluding hydrogens is 511 g/mol. The smallest absolute Gasteiger partial charge is 0.267 e. The van der Waals surface area contributed by atoms with Crippen molar-refractivity contribution in [2.45, 2.75) is 11.8 Å². The van der Waals surface area contributed by atoms with Gasteiger partial charge in [0.1, 0.15) is 11.6 Å². The molecule has 2 N–H and O–H groups in total. The van der Waals surface area contributed by atoms with E-state index >= 15 is 4.39 Å². The van der Waals surface area contributed by atoms with E-state index in [0.29, 0.717) is 34.0 Å². The molecule has 0 aliphatic rings. The summed E-state index contributed by atoms with van der Waals surface area (Å²) in [5.74, 6) is 0.216. The quantitative estimate of drug-likeness (QED) is 0.338. The van der Waals surface area contributed by atoms with Crippen LogP contribution < -0.4 is 14.8 Å². The highest BCUT2D eigenvalue weighted by Gasteiger charge is 2.23. The number of methoxy groups -OCH3 is 1. The van der Waals surface area contributed by atoms with Crippen LogP contribution in [0.15, 0.2) is 47.6 Å². The van der Waals surface area contributed by atoms with E-state index in [9.17, 15) is 8.42 Å². The number of halogens is 2. The maximum absolute atomic E-state index is 15.1. The predicted octanol–water partition coefficient (Wildman–Crippen LogP) is 3.69. The molecule has 36 heavy (non-hydrogen) atoms. The molecule has 0 amide bonds. The molecule has 14 heteroatoms. The van der Waals surface area contributed by atoms with Crippen molar-refractivity contribution >= 4 is 49.9 Å². The Balaban J connectivity index is 1.65. The number of hydrogen-bond acceptors (Lipinski definition) is 9. The van der Waals surface area contributed by atoms with Gasteiger partial charge < -0.3 is 10.1 Å². The van der Waals surface area contributed by atoms with Crippen molar-refractivity contribution in [2.24, 2.45) is 0 Å². The van der Waals surface area contributed by atoms with Crippen molar-refractivity contribution in [3.63, 3.8) is 0 Å². The van der Waals surface area contributed by atoms with E-state index in [-0.39, 0.29) is 27.0 Å². The first-order chi connectivity index (χ1) is 17.2. The SMILES string of the molecule is CNc1ncc2cc(-c3cc(NS(=O)(=O)c4cc(Cl)cnc4OC)ccc3F)c3nnc(C)n3c2n1. The number of nitrogens with zero attached hydrogens (tertiary/aromatic N) is 6. The Kier molecular flexibility index (Phi) is 5.80. The molecular formula is C22H18ClFN8O3S. The van der Waals surface area contributed by atoms with Crippen LogP contribution in [0.2, 0.25) is 5.02 Å². The van der Waals surface area contributed by atoms with Crippen molar-refractivity contribution in [2.75, 3.05) is 24.2 Å². The third-order valence-corrected chi connectivity index (χ3v) is 6.96. The molecule has 0 aliphatic heterocycles. The Morgan fingerprint density at radius 2 is 1.86 bits per heavy atom. The Morgan fingerprint density at radius 3 is 2.61 bits per heavy atom. The minimum atomic E-state index is -4.18. The fourth-order valence-electron chi connectivity index (χ4n) is 3.75. The zero-order valence-electron chi connectivity index (χ0n) is 19.1. The first-order valence-corrected chi connectivity index (χ1v) is 12.3. The number of hydrogen-bond donors (Lipinski definition) is 2. The van der Waals surface area contributed by atoms with Gasteiger partial charge >= 0.3 is 0 Å². The normalized spacial score (nSPS) is 11.7. The van der Waals surface area contributed by atoms with E-state index in [1.165, 1.54) is 31.5 Å². The molecule has 0 saturated carbocycles. The van der Waals surface area contributed by atoms with Gasteiger partial charge in [-0.25, -0.2) is 22.8 Å². The summed E-state index contributed by atoms with van der Waals surface area (Å²) in [4.78, 5) is 12.3. The lowest BCUT2D eigenvalue weighted by molar-refractivity contribution is 0.385. The predicted molar refractivity (Wildman–Crippen MR) is 132 cm³/mol. The lowest BCUT2D eigenvalue weighted by atomic mass is 10.0. The van der Waals surface area contributed by atoms with Crippen molar-refractivity contribution in [3.05, 3.63) is 59.4 Å². The van der Waals surface area contributed by atoms with E-state index in [1.54, 1.807) is 30.6 Å². The highest BCUT2D eigenvalue weighted by atomic mass is 35.5.